The summed E-state index contributed by atoms with van der Waals surface area (Å²) in [6.45, 7) is 3.30. The fourth-order valence-corrected chi connectivity index (χ4v) is 1.36. The molecule has 1 atom stereocenters. The molecule has 0 aliphatic heterocycles. The number of rotatable bonds is 3. The molecule has 0 saturated heterocycles. The van der Waals surface area contributed by atoms with Crippen molar-refractivity contribution in [1.29, 1.82) is 0 Å². The average Bonchev–Trinajstić information content (AvgIpc) is 2.17. The third-order valence-electron chi connectivity index (χ3n) is 1.39. The number of hydrogen-bond acceptors (Lipinski definition) is 2. The summed E-state index contributed by atoms with van der Waals surface area (Å²) in [6.07, 6.45) is 0. The van der Waals surface area contributed by atoms with Crippen molar-refractivity contribution in [2.24, 2.45) is 0 Å². The SMILES string of the molecule is C=C[P+](=O)C(=O)c1ccccc1. The lowest BCUT2D eigenvalue weighted by Crippen LogP contribution is -1.89. The maximum atomic E-state index is 11.2. The Hall–Kier alpha value is -1.27. The summed E-state index contributed by atoms with van der Waals surface area (Å²) >= 11 is 0. The van der Waals surface area contributed by atoms with Gasteiger partial charge >= 0.3 is 13.3 Å². The lowest BCUT2D eigenvalue weighted by atomic mass is 10.2. The van der Waals surface area contributed by atoms with Crippen LogP contribution < -0.4 is 0 Å². The quantitative estimate of drug-likeness (QED) is 0.668. The summed E-state index contributed by atoms with van der Waals surface area (Å²) in [5, 5.41) is 0. The maximum absolute atomic E-state index is 11.2. The van der Waals surface area contributed by atoms with Crippen LogP contribution in [0.15, 0.2) is 42.7 Å². The van der Waals surface area contributed by atoms with Crippen molar-refractivity contribution in [2.75, 3.05) is 0 Å². The van der Waals surface area contributed by atoms with Gasteiger partial charge in [-0.3, -0.25) is 0 Å². The third-order valence-corrected chi connectivity index (χ3v) is 2.38. The van der Waals surface area contributed by atoms with Crippen molar-refractivity contribution in [1.82, 2.24) is 0 Å². The average molecular weight is 179 g/mol. The smallest absolute Gasteiger partial charge is 0.234 e. The van der Waals surface area contributed by atoms with Crippen LogP contribution in [0.4, 0.5) is 0 Å². The van der Waals surface area contributed by atoms with Gasteiger partial charge in [0.05, 0.1) is 5.56 Å². The highest BCUT2D eigenvalue weighted by molar-refractivity contribution is 7.67. The molecular formula is C9H8O2P+. The van der Waals surface area contributed by atoms with Gasteiger partial charge in [0.15, 0.2) is 5.82 Å². The first kappa shape index (κ1) is 8.82. The molecule has 0 aliphatic carbocycles. The molecule has 0 radical (unpaired) electrons. The van der Waals surface area contributed by atoms with Gasteiger partial charge in [-0.25, -0.2) is 4.79 Å². The van der Waals surface area contributed by atoms with Gasteiger partial charge in [-0.2, -0.15) is 0 Å². The van der Waals surface area contributed by atoms with Gasteiger partial charge in [-0.05, 0) is 12.1 Å². The minimum atomic E-state index is -1.94. The van der Waals surface area contributed by atoms with Gasteiger partial charge in [-0.15, -0.1) is 0 Å². The van der Waals surface area contributed by atoms with E-state index in [4.69, 9.17) is 0 Å². The molecule has 0 saturated carbocycles. The van der Waals surface area contributed by atoms with E-state index in [0.717, 1.165) is 0 Å². The molecule has 0 aromatic heterocycles. The predicted molar refractivity (Wildman–Crippen MR) is 48.6 cm³/mol. The standard InChI is InChI=1S/C9H8O2P/c1-2-12(11)9(10)8-6-4-3-5-7-8/h2-7H,1H2/q+1. The summed E-state index contributed by atoms with van der Waals surface area (Å²) in [7, 11) is -1.94. The largest absolute Gasteiger partial charge is 0.450 e. The van der Waals surface area contributed by atoms with Gasteiger partial charge in [0, 0.05) is 0 Å². The Morgan fingerprint density at radius 2 is 1.92 bits per heavy atom. The summed E-state index contributed by atoms with van der Waals surface area (Å²) in [6, 6.07) is 8.55. The highest BCUT2D eigenvalue weighted by Crippen LogP contribution is 2.26. The van der Waals surface area contributed by atoms with Crippen LogP contribution in [0.2, 0.25) is 0 Å². The van der Waals surface area contributed by atoms with Gasteiger partial charge in [0.1, 0.15) is 0 Å². The van der Waals surface area contributed by atoms with Crippen LogP contribution in [0.25, 0.3) is 0 Å². The number of benzene rings is 1. The van der Waals surface area contributed by atoms with Crippen LogP contribution in [0, 0.1) is 0 Å². The van der Waals surface area contributed by atoms with Crippen molar-refractivity contribution in [3.05, 3.63) is 48.3 Å². The minimum absolute atomic E-state index is 0.361. The molecule has 0 N–H and O–H groups in total. The van der Waals surface area contributed by atoms with Gasteiger partial charge in [-0.1, -0.05) is 29.3 Å². The second-order valence-electron chi connectivity index (χ2n) is 2.18. The van der Waals surface area contributed by atoms with E-state index < -0.39 is 7.80 Å². The second kappa shape index (κ2) is 3.93. The molecule has 1 aromatic rings. The number of hydrogen-bond donors (Lipinski definition) is 0. The van der Waals surface area contributed by atoms with E-state index in [0.29, 0.717) is 5.56 Å². The number of carbonyl (C=O) groups is 1. The lowest BCUT2D eigenvalue weighted by molar-refractivity contribution is 0.108. The van der Waals surface area contributed by atoms with Crippen molar-refractivity contribution >= 4 is 13.3 Å². The molecule has 0 bridgehead atoms. The topological polar surface area (TPSA) is 34.1 Å². The van der Waals surface area contributed by atoms with Crippen LogP contribution in [0.1, 0.15) is 10.4 Å². The molecule has 2 nitrogen and oxygen atoms in total. The minimum Gasteiger partial charge on any atom is -0.234 e. The van der Waals surface area contributed by atoms with Crippen molar-refractivity contribution in [3.8, 4) is 0 Å². The van der Waals surface area contributed by atoms with Crippen LogP contribution in [0.5, 0.6) is 0 Å². The second-order valence-corrected chi connectivity index (χ2v) is 3.60. The monoisotopic (exact) mass is 179 g/mol. The van der Waals surface area contributed by atoms with Crippen molar-refractivity contribution in [3.63, 3.8) is 0 Å². The van der Waals surface area contributed by atoms with E-state index in [1.807, 2.05) is 0 Å². The van der Waals surface area contributed by atoms with Gasteiger partial charge in [0.2, 0.25) is 0 Å². The van der Waals surface area contributed by atoms with Crippen LogP contribution in [0.3, 0.4) is 0 Å². The van der Waals surface area contributed by atoms with E-state index in [2.05, 4.69) is 6.58 Å². The first-order valence-corrected chi connectivity index (χ1v) is 4.77. The van der Waals surface area contributed by atoms with Gasteiger partial charge < -0.3 is 0 Å². The van der Waals surface area contributed by atoms with E-state index in [-0.39, 0.29) is 5.52 Å². The summed E-state index contributed by atoms with van der Waals surface area (Å²) < 4.78 is 11.0. The van der Waals surface area contributed by atoms with E-state index in [1.165, 1.54) is 5.82 Å². The van der Waals surface area contributed by atoms with Crippen LogP contribution in [-0.4, -0.2) is 5.52 Å². The summed E-state index contributed by atoms with van der Waals surface area (Å²) in [5.74, 6) is 1.17. The van der Waals surface area contributed by atoms with Crippen molar-refractivity contribution < 1.29 is 9.36 Å². The molecule has 1 unspecified atom stereocenters. The maximum Gasteiger partial charge on any atom is 0.450 e. The highest BCUT2D eigenvalue weighted by atomic mass is 31.1. The molecule has 1 aromatic carbocycles. The van der Waals surface area contributed by atoms with Gasteiger partial charge in [0.25, 0.3) is 0 Å². The zero-order valence-electron chi connectivity index (χ0n) is 6.43. The molecule has 0 fully saturated rings. The Bertz CT molecular complexity index is 317. The molecule has 3 heteroatoms. The summed E-state index contributed by atoms with van der Waals surface area (Å²) in [5.41, 5.74) is 0.110. The normalized spacial score (nSPS) is 10.5. The Morgan fingerprint density at radius 1 is 1.33 bits per heavy atom. The molecule has 0 spiro atoms. The Morgan fingerprint density at radius 3 is 2.42 bits per heavy atom. The zero-order valence-corrected chi connectivity index (χ0v) is 7.33. The third kappa shape index (κ3) is 1.86. The fraction of sp³-hybridized carbons (Fsp3) is 0. The summed E-state index contributed by atoms with van der Waals surface area (Å²) in [4.78, 5) is 11.2. The Kier molecular flexibility index (Phi) is 2.89. The van der Waals surface area contributed by atoms with E-state index >= 15 is 0 Å². The first-order chi connectivity index (χ1) is 5.75. The molecule has 60 valence electrons. The number of carbonyl (C=O) groups excluding carboxylic acids is 1. The zero-order chi connectivity index (χ0) is 8.97. The molecule has 1 rings (SSSR count). The van der Waals surface area contributed by atoms with E-state index in [9.17, 15) is 9.36 Å². The van der Waals surface area contributed by atoms with Crippen LogP contribution >= 0.6 is 7.80 Å². The Labute approximate surface area is 71.7 Å². The predicted octanol–water partition coefficient (Wildman–Crippen LogP) is 2.80. The molecule has 0 amide bonds. The van der Waals surface area contributed by atoms with Crippen molar-refractivity contribution in [2.45, 2.75) is 0 Å². The molecule has 0 heterocycles. The Balaban J connectivity index is 2.93. The molecule has 12 heavy (non-hydrogen) atoms. The van der Waals surface area contributed by atoms with Crippen LogP contribution in [-0.2, 0) is 4.57 Å². The lowest BCUT2D eigenvalue weighted by Gasteiger charge is -1.86. The first-order valence-electron chi connectivity index (χ1n) is 3.44. The highest BCUT2D eigenvalue weighted by Gasteiger charge is 2.25. The molecule has 0 aliphatic rings. The molecular weight excluding hydrogens is 171 g/mol. The fourth-order valence-electron chi connectivity index (χ4n) is 0.791. The van der Waals surface area contributed by atoms with E-state index in [1.54, 1.807) is 30.3 Å².